The number of hydrogen-bond donors (Lipinski definition) is 0. The molecule has 0 aromatic rings. The van der Waals surface area contributed by atoms with Gasteiger partial charge in [-0.3, -0.25) is 19.2 Å². The van der Waals surface area contributed by atoms with E-state index in [1.807, 2.05) is 0 Å². The summed E-state index contributed by atoms with van der Waals surface area (Å²) in [6, 6.07) is 0. The Morgan fingerprint density at radius 2 is 1.24 bits per heavy atom. The lowest BCUT2D eigenvalue weighted by atomic mass is 9.98. The number of methoxy groups -OCH3 is 1. The molecule has 1 aliphatic rings. The van der Waals surface area contributed by atoms with Crippen molar-refractivity contribution in [2.75, 3.05) is 13.7 Å². The van der Waals surface area contributed by atoms with E-state index in [4.69, 9.17) is 28.4 Å². The first-order valence-electron chi connectivity index (χ1n) is 7.49. The van der Waals surface area contributed by atoms with Crippen LogP contribution in [0.25, 0.3) is 0 Å². The summed E-state index contributed by atoms with van der Waals surface area (Å²) < 4.78 is 31.1. The summed E-state index contributed by atoms with van der Waals surface area (Å²) in [6.45, 7) is 4.37. The Balaban J connectivity index is 3.18. The summed E-state index contributed by atoms with van der Waals surface area (Å²) in [5, 5.41) is 0. The number of carbonyl (C=O) groups is 4. The summed E-state index contributed by atoms with van der Waals surface area (Å²) >= 11 is 0. The number of hydrogen-bond acceptors (Lipinski definition) is 10. The van der Waals surface area contributed by atoms with Gasteiger partial charge in [0.15, 0.2) is 24.6 Å². The average Bonchev–Trinajstić information content (AvgIpc) is 2.48. The zero-order valence-corrected chi connectivity index (χ0v) is 14.7. The molecule has 0 aromatic carbocycles. The minimum absolute atomic E-state index is 0.280. The van der Waals surface area contributed by atoms with Crippen LogP contribution in [-0.2, 0) is 47.6 Å². The molecule has 0 radical (unpaired) electrons. The third-order valence-corrected chi connectivity index (χ3v) is 3.18. The summed E-state index contributed by atoms with van der Waals surface area (Å²) in [7, 11) is 1.29. The summed E-state index contributed by atoms with van der Waals surface area (Å²) in [5.41, 5.74) is 0. The highest BCUT2D eigenvalue weighted by atomic mass is 16.7. The Morgan fingerprint density at radius 1 is 0.760 bits per heavy atom. The molecule has 1 heterocycles. The molecular weight excluding hydrogens is 340 g/mol. The van der Waals surface area contributed by atoms with Gasteiger partial charge in [0.25, 0.3) is 0 Å². The first kappa shape index (κ1) is 20.8. The van der Waals surface area contributed by atoms with Gasteiger partial charge in [0, 0.05) is 34.8 Å². The van der Waals surface area contributed by atoms with E-state index in [1.54, 1.807) is 0 Å². The predicted molar refractivity (Wildman–Crippen MR) is 79.0 cm³/mol. The van der Waals surface area contributed by atoms with E-state index >= 15 is 0 Å². The van der Waals surface area contributed by atoms with Crippen molar-refractivity contribution in [2.45, 2.75) is 58.4 Å². The molecule has 0 saturated carbocycles. The normalized spacial score (nSPS) is 28.6. The van der Waals surface area contributed by atoms with E-state index < -0.39 is 54.6 Å². The molecule has 1 fully saturated rings. The highest BCUT2D eigenvalue weighted by Crippen LogP contribution is 2.29. The highest BCUT2D eigenvalue weighted by Gasteiger charge is 2.52. The van der Waals surface area contributed by atoms with E-state index in [1.165, 1.54) is 14.0 Å². The van der Waals surface area contributed by atoms with E-state index in [0.717, 1.165) is 20.8 Å². The van der Waals surface area contributed by atoms with Gasteiger partial charge in [-0.15, -0.1) is 0 Å². The van der Waals surface area contributed by atoms with Crippen LogP contribution in [0.15, 0.2) is 0 Å². The zero-order chi connectivity index (χ0) is 19.1. The largest absolute Gasteiger partial charge is 0.463 e. The zero-order valence-electron chi connectivity index (χ0n) is 14.7. The Hall–Kier alpha value is -2.20. The number of rotatable bonds is 6. The Labute approximate surface area is 144 Å². The molecule has 0 aliphatic carbocycles. The molecule has 142 valence electrons. The molecule has 0 spiro atoms. The summed E-state index contributed by atoms with van der Waals surface area (Å²) in [6.07, 6.45) is -5.67. The third kappa shape index (κ3) is 6.31. The number of esters is 4. The molecule has 0 amide bonds. The average molecular weight is 362 g/mol. The molecule has 5 atom stereocenters. The van der Waals surface area contributed by atoms with E-state index in [-0.39, 0.29) is 6.61 Å². The molecular formula is C15H22O10. The first-order valence-corrected chi connectivity index (χ1v) is 7.49. The number of carbonyl (C=O) groups excluding carboxylic acids is 4. The maximum Gasteiger partial charge on any atom is 0.303 e. The lowest BCUT2D eigenvalue weighted by molar-refractivity contribution is -0.302. The summed E-state index contributed by atoms with van der Waals surface area (Å²) in [5.74, 6) is -2.63. The van der Waals surface area contributed by atoms with Crippen molar-refractivity contribution in [3.8, 4) is 0 Å². The van der Waals surface area contributed by atoms with Gasteiger partial charge in [-0.2, -0.15) is 0 Å². The second kappa shape index (κ2) is 9.33. The second-order valence-electron chi connectivity index (χ2n) is 5.30. The maximum atomic E-state index is 11.5. The minimum atomic E-state index is -1.20. The van der Waals surface area contributed by atoms with Gasteiger partial charge in [0.1, 0.15) is 12.7 Å². The smallest absolute Gasteiger partial charge is 0.303 e. The molecule has 1 aliphatic heterocycles. The van der Waals surface area contributed by atoms with Crippen LogP contribution in [0.1, 0.15) is 27.7 Å². The molecule has 0 unspecified atom stereocenters. The van der Waals surface area contributed by atoms with Crippen LogP contribution < -0.4 is 0 Å². The topological polar surface area (TPSA) is 124 Å². The van der Waals surface area contributed by atoms with Crippen molar-refractivity contribution in [1.29, 1.82) is 0 Å². The van der Waals surface area contributed by atoms with Crippen LogP contribution >= 0.6 is 0 Å². The van der Waals surface area contributed by atoms with E-state index in [2.05, 4.69) is 0 Å². The van der Waals surface area contributed by atoms with Crippen LogP contribution in [0, 0.1) is 0 Å². The van der Waals surface area contributed by atoms with Crippen molar-refractivity contribution in [1.82, 2.24) is 0 Å². The van der Waals surface area contributed by atoms with Crippen molar-refractivity contribution >= 4 is 23.9 Å². The van der Waals surface area contributed by atoms with Crippen molar-refractivity contribution in [2.24, 2.45) is 0 Å². The van der Waals surface area contributed by atoms with Gasteiger partial charge >= 0.3 is 23.9 Å². The van der Waals surface area contributed by atoms with Crippen LogP contribution in [0.4, 0.5) is 0 Å². The highest BCUT2D eigenvalue weighted by molar-refractivity contribution is 5.68. The Kier molecular flexibility index (Phi) is 7.78. The molecule has 1 saturated heterocycles. The first-order chi connectivity index (χ1) is 11.6. The van der Waals surface area contributed by atoms with Crippen molar-refractivity contribution < 1.29 is 47.6 Å². The van der Waals surface area contributed by atoms with E-state index in [9.17, 15) is 19.2 Å². The summed E-state index contributed by atoms with van der Waals surface area (Å²) in [4.78, 5) is 45.4. The van der Waals surface area contributed by atoms with Gasteiger partial charge in [-0.1, -0.05) is 0 Å². The Morgan fingerprint density at radius 3 is 1.68 bits per heavy atom. The third-order valence-electron chi connectivity index (χ3n) is 3.18. The molecule has 0 bridgehead atoms. The van der Waals surface area contributed by atoms with Crippen LogP contribution in [0.5, 0.6) is 0 Å². The van der Waals surface area contributed by atoms with Gasteiger partial charge in [0.05, 0.1) is 0 Å². The van der Waals surface area contributed by atoms with E-state index in [0.29, 0.717) is 0 Å². The molecule has 1 rings (SSSR count). The van der Waals surface area contributed by atoms with Crippen molar-refractivity contribution in [3.05, 3.63) is 0 Å². The van der Waals surface area contributed by atoms with Crippen LogP contribution in [0.3, 0.4) is 0 Å². The minimum Gasteiger partial charge on any atom is -0.463 e. The molecule has 10 nitrogen and oxygen atoms in total. The van der Waals surface area contributed by atoms with Gasteiger partial charge in [0.2, 0.25) is 0 Å². The maximum absolute atomic E-state index is 11.5. The standard InChI is InChI=1S/C15H22O10/c1-7(16)21-6-11-12(22-8(2)17)13(23-9(3)18)14(24-10(4)19)15(20-5)25-11/h11-15H,6H2,1-5H3/t11-,12-,13-,14-,15+/m1/s1. The van der Waals surface area contributed by atoms with Crippen molar-refractivity contribution in [3.63, 3.8) is 0 Å². The van der Waals surface area contributed by atoms with Crippen LogP contribution in [-0.4, -0.2) is 68.3 Å². The molecule has 25 heavy (non-hydrogen) atoms. The predicted octanol–water partition coefficient (Wildman–Crippen LogP) is -0.284. The monoisotopic (exact) mass is 362 g/mol. The fourth-order valence-electron chi connectivity index (χ4n) is 2.38. The van der Waals surface area contributed by atoms with Crippen LogP contribution in [0.2, 0.25) is 0 Å². The molecule has 10 heteroatoms. The lowest BCUT2D eigenvalue weighted by Gasteiger charge is -2.43. The molecule has 0 aromatic heterocycles. The number of ether oxygens (including phenoxy) is 6. The SMILES string of the molecule is CO[C@H]1O[C@H](COC(C)=O)[C@@H](OC(C)=O)[C@@H](OC(C)=O)[C@H]1OC(C)=O. The second-order valence-corrected chi connectivity index (χ2v) is 5.30. The Bertz CT molecular complexity index is 516. The quantitative estimate of drug-likeness (QED) is 0.460. The fourth-order valence-corrected chi connectivity index (χ4v) is 2.38. The fraction of sp³-hybridized carbons (Fsp3) is 0.733. The lowest BCUT2D eigenvalue weighted by Crippen LogP contribution is -2.62. The van der Waals surface area contributed by atoms with Gasteiger partial charge in [-0.05, 0) is 0 Å². The van der Waals surface area contributed by atoms with Gasteiger partial charge < -0.3 is 28.4 Å². The molecule has 0 N–H and O–H groups in total. The van der Waals surface area contributed by atoms with Gasteiger partial charge in [-0.25, -0.2) is 0 Å².